The standard InChI is InChI=1S/C16H23N3O/c1-17-12-7-9-13(10-8-12)19(2)11-16-18-14-5-3-4-6-15(14)20-16/h3-6,12-13,17H,7-11H2,1-2H3. The highest BCUT2D eigenvalue weighted by atomic mass is 16.3. The molecule has 0 unspecified atom stereocenters. The van der Waals surface area contributed by atoms with Gasteiger partial charge in [-0.2, -0.15) is 0 Å². The smallest absolute Gasteiger partial charge is 0.209 e. The first-order chi connectivity index (χ1) is 9.76. The average Bonchev–Trinajstić information content (AvgIpc) is 2.89. The van der Waals surface area contributed by atoms with Crippen molar-refractivity contribution in [2.45, 2.75) is 44.3 Å². The lowest BCUT2D eigenvalue weighted by Gasteiger charge is -2.33. The number of hydrogen-bond donors (Lipinski definition) is 1. The van der Waals surface area contributed by atoms with E-state index in [1.165, 1.54) is 25.7 Å². The fourth-order valence-corrected chi connectivity index (χ4v) is 3.14. The van der Waals surface area contributed by atoms with Gasteiger partial charge in [-0.05, 0) is 51.9 Å². The van der Waals surface area contributed by atoms with Gasteiger partial charge >= 0.3 is 0 Å². The fourth-order valence-electron chi connectivity index (χ4n) is 3.14. The van der Waals surface area contributed by atoms with E-state index in [-0.39, 0.29) is 0 Å². The Bertz CT molecular complexity index is 525. The van der Waals surface area contributed by atoms with Crippen LogP contribution in [-0.4, -0.2) is 36.1 Å². The summed E-state index contributed by atoms with van der Waals surface area (Å²) in [5, 5.41) is 3.38. The molecule has 3 rings (SSSR count). The van der Waals surface area contributed by atoms with E-state index >= 15 is 0 Å². The third kappa shape index (κ3) is 2.86. The van der Waals surface area contributed by atoms with Crippen molar-refractivity contribution < 1.29 is 4.42 Å². The first-order valence-electron chi connectivity index (χ1n) is 7.48. The molecule has 4 heteroatoms. The highest BCUT2D eigenvalue weighted by Crippen LogP contribution is 2.24. The zero-order chi connectivity index (χ0) is 13.9. The van der Waals surface area contributed by atoms with Crippen LogP contribution in [0.25, 0.3) is 11.1 Å². The molecular weight excluding hydrogens is 250 g/mol. The minimum Gasteiger partial charge on any atom is -0.439 e. The number of para-hydroxylation sites is 2. The van der Waals surface area contributed by atoms with Gasteiger partial charge in [0.15, 0.2) is 5.58 Å². The SMILES string of the molecule is CNC1CCC(N(C)Cc2nc3ccccc3o2)CC1. The van der Waals surface area contributed by atoms with Gasteiger partial charge in [0.25, 0.3) is 0 Å². The summed E-state index contributed by atoms with van der Waals surface area (Å²) in [6, 6.07) is 9.31. The Morgan fingerprint density at radius 1 is 1.25 bits per heavy atom. The van der Waals surface area contributed by atoms with Crippen LogP contribution in [0, 0.1) is 0 Å². The van der Waals surface area contributed by atoms with Crippen molar-refractivity contribution in [1.82, 2.24) is 15.2 Å². The summed E-state index contributed by atoms with van der Waals surface area (Å²) >= 11 is 0. The summed E-state index contributed by atoms with van der Waals surface area (Å²) in [4.78, 5) is 6.94. The Morgan fingerprint density at radius 3 is 2.70 bits per heavy atom. The highest BCUT2D eigenvalue weighted by molar-refractivity contribution is 5.72. The molecule has 1 heterocycles. The van der Waals surface area contributed by atoms with E-state index in [4.69, 9.17) is 4.42 Å². The Hall–Kier alpha value is -1.39. The number of oxazole rings is 1. The molecule has 1 aromatic heterocycles. The number of benzene rings is 1. The molecule has 0 saturated heterocycles. The van der Waals surface area contributed by atoms with Crippen LogP contribution in [0.2, 0.25) is 0 Å². The van der Waals surface area contributed by atoms with Crippen LogP contribution in [0.1, 0.15) is 31.6 Å². The first kappa shape index (κ1) is 13.6. The normalized spacial score (nSPS) is 23.6. The van der Waals surface area contributed by atoms with E-state index in [0.717, 1.165) is 23.5 Å². The fraction of sp³-hybridized carbons (Fsp3) is 0.562. The molecule has 0 aliphatic heterocycles. The second kappa shape index (κ2) is 5.94. The summed E-state index contributed by atoms with van der Waals surface area (Å²) < 4.78 is 5.81. The lowest BCUT2D eigenvalue weighted by molar-refractivity contribution is 0.159. The molecule has 0 bridgehead atoms. The van der Waals surface area contributed by atoms with Crippen molar-refractivity contribution in [3.8, 4) is 0 Å². The third-order valence-corrected chi connectivity index (χ3v) is 4.45. The maximum absolute atomic E-state index is 5.81. The van der Waals surface area contributed by atoms with E-state index in [9.17, 15) is 0 Å². The summed E-state index contributed by atoms with van der Waals surface area (Å²) in [6.07, 6.45) is 5.03. The van der Waals surface area contributed by atoms with Crippen molar-refractivity contribution in [3.05, 3.63) is 30.2 Å². The number of nitrogens with one attached hydrogen (secondary N) is 1. The second-order valence-corrected chi connectivity index (χ2v) is 5.78. The third-order valence-electron chi connectivity index (χ3n) is 4.45. The quantitative estimate of drug-likeness (QED) is 0.930. The van der Waals surface area contributed by atoms with Crippen molar-refractivity contribution in [2.24, 2.45) is 0 Å². The van der Waals surface area contributed by atoms with Gasteiger partial charge in [-0.25, -0.2) is 4.98 Å². The van der Waals surface area contributed by atoms with Crippen LogP contribution in [0.15, 0.2) is 28.7 Å². The molecule has 1 aromatic carbocycles. The summed E-state index contributed by atoms with van der Waals surface area (Å²) in [5.74, 6) is 0.824. The molecule has 20 heavy (non-hydrogen) atoms. The van der Waals surface area contributed by atoms with E-state index in [1.54, 1.807) is 0 Å². The number of rotatable bonds is 4. The highest BCUT2D eigenvalue weighted by Gasteiger charge is 2.23. The predicted molar refractivity (Wildman–Crippen MR) is 80.6 cm³/mol. The van der Waals surface area contributed by atoms with Crippen molar-refractivity contribution in [2.75, 3.05) is 14.1 Å². The minimum atomic E-state index is 0.648. The Kier molecular flexibility index (Phi) is 4.03. The molecule has 2 aromatic rings. The van der Waals surface area contributed by atoms with Crippen LogP contribution in [-0.2, 0) is 6.54 Å². The Morgan fingerprint density at radius 2 is 2.00 bits per heavy atom. The van der Waals surface area contributed by atoms with Gasteiger partial charge in [-0.15, -0.1) is 0 Å². The maximum Gasteiger partial charge on any atom is 0.209 e. The topological polar surface area (TPSA) is 41.3 Å². The van der Waals surface area contributed by atoms with Gasteiger partial charge in [0.05, 0.1) is 6.54 Å². The van der Waals surface area contributed by atoms with E-state index < -0.39 is 0 Å². The monoisotopic (exact) mass is 273 g/mol. The molecule has 0 spiro atoms. The van der Waals surface area contributed by atoms with Crippen LogP contribution >= 0.6 is 0 Å². The number of aromatic nitrogens is 1. The zero-order valence-electron chi connectivity index (χ0n) is 12.3. The maximum atomic E-state index is 5.81. The van der Waals surface area contributed by atoms with Crippen LogP contribution in [0.5, 0.6) is 0 Å². The first-order valence-corrected chi connectivity index (χ1v) is 7.48. The van der Waals surface area contributed by atoms with Crippen LogP contribution in [0.4, 0.5) is 0 Å². The molecule has 4 nitrogen and oxygen atoms in total. The lowest BCUT2D eigenvalue weighted by atomic mass is 9.90. The minimum absolute atomic E-state index is 0.648. The van der Waals surface area contributed by atoms with Crippen molar-refractivity contribution in [3.63, 3.8) is 0 Å². The van der Waals surface area contributed by atoms with Gasteiger partial charge in [0.2, 0.25) is 5.89 Å². The number of fused-ring (bicyclic) bond motifs is 1. The number of nitrogens with zero attached hydrogens (tertiary/aromatic N) is 2. The van der Waals surface area contributed by atoms with E-state index in [0.29, 0.717) is 12.1 Å². The van der Waals surface area contributed by atoms with Crippen molar-refractivity contribution in [1.29, 1.82) is 0 Å². The molecule has 0 radical (unpaired) electrons. The molecule has 0 atom stereocenters. The molecule has 1 saturated carbocycles. The van der Waals surface area contributed by atoms with Crippen LogP contribution < -0.4 is 5.32 Å². The average molecular weight is 273 g/mol. The lowest BCUT2D eigenvalue weighted by Crippen LogP contribution is -2.39. The van der Waals surface area contributed by atoms with E-state index in [1.807, 2.05) is 24.3 Å². The van der Waals surface area contributed by atoms with Gasteiger partial charge < -0.3 is 9.73 Å². The summed E-state index contributed by atoms with van der Waals surface area (Å²) in [7, 11) is 4.24. The molecule has 1 N–H and O–H groups in total. The van der Waals surface area contributed by atoms with Crippen LogP contribution in [0.3, 0.4) is 0 Å². The van der Waals surface area contributed by atoms with Gasteiger partial charge in [0, 0.05) is 12.1 Å². The molecule has 1 aliphatic rings. The van der Waals surface area contributed by atoms with Gasteiger partial charge in [-0.1, -0.05) is 12.1 Å². The van der Waals surface area contributed by atoms with Gasteiger partial charge in [0.1, 0.15) is 5.52 Å². The molecule has 108 valence electrons. The van der Waals surface area contributed by atoms with Gasteiger partial charge in [-0.3, -0.25) is 4.90 Å². The molecule has 1 fully saturated rings. The zero-order valence-corrected chi connectivity index (χ0v) is 12.3. The Labute approximate surface area is 120 Å². The second-order valence-electron chi connectivity index (χ2n) is 5.78. The molecule has 1 aliphatic carbocycles. The Balaban J connectivity index is 1.62. The largest absolute Gasteiger partial charge is 0.439 e. The molecular formula is C16H23N3O. The summed E-state index contributed by atoms with van der Waals surface area (Å²) in [5.41, 5.74) is 1.84. The summed E-state index contributed by atoms with van der Waals surface area (Å²) in [6.45, 7) is 0.795. The van der Waals surface area contributed by atoms with E-state index in [2.05, 4.69) is 29.3 Å². The number of hydrogen-bond acceptors (Lipinski definition) is 4. The molecule has 0 amide bonds. The van der Waals surface area contributed by atoms with Crippen molar-refractivity contribution >= 4 is 11.1 Å². The predicted octanol–water partition coefficient (Wildman–Crippen LogP) is 2.79.